The Bertz CT molecular complexity index is 1100. The highest BCUT2D eigenvalue weighted by Gasteiger charge is 2.62. The van der Waals surface area contributed by atoms with Gasteiger partial charge in [0, 0.05) is 22.0 Å². The van der Waals surface area contributed by atoms with Gasteiger partial charge in [0.25, 0.3) is 5.91 Å². The van der Waals surface area contributed by atoms with Crippen LogP contribution in [0.2, 0.25) is 10.0 Å². The SMILES string of the molecule is O=C(NC1[C@H]2C[C@](O)(c3cc(Cl)cc4[nH]ncc34)C[C@@H]12)c1ccc(F)c(Cl)c1. The van der Waals surface area contributed by atoms with E-state index in [2.05, 4.69) is 15.5 Å². The number of amides is 1. The minimum atomic E-state index is -0.997. The van der Waals surface area contributed by atoms with Crippen LogP contribution in [-0.2, 0) is 5.60 Å². The molecule has 4 atom stereocenters. The Hall–Kier alpha value is -2.15. The van der Waals surface area contributed by atoms with Gasteiger partial charge in [0.1, 0.15) is 5.82 Å². The van der Waals surface area contributed by atoms with Crippen LogP contribution >= 0.6 is 23.2 Å². The summed E-state index contributed by atoms with van der Waals surface area (Å²) in [5.74, 6) is -0.472. The summed E-state index contributed by atoms with van der Waals surface area (Å²) in [6.45, 7) is 0. The maximum atomic E-state index is 13.3. The van der Waals surface area contributed by atoms with Crippen LogP contribution in [0.3, 0.4) is 0 Å². The van der Waals surface area contributed by atoms with Crippen LogP contribution in [0.25, 0.3) is 10.9 Å². The lowest BCUT2D eigenvalue weighted by molar-refractivity contribution is 0.0293. The topological polar surface area (TPSA) is 78.0 Å². The average Bonchev–Trinajstić information content (AvgIpc) is 3.03. The van der Waals surface area contributed by atoms with Crippen LogP contribution in [0.15, 0.2) is 36.5 Å². The van der Waals surface area contributed by atoms with E-state index in [-0.39, 0.29) is 28.8 Å². The summed E-state index contributed by atoms with van der Waals surface area (Å²) in [7, 11) is 0. The van der Waals surface area contributed by atoms with Crippen molar-refractivity contribution in [2.45, 2.75) is 24.5 Å². The number of H-pyrrole nitrogens is 1. The number of hydrogen-bond donors (Lipinski definition) is 3. The fourth-order valence-corrected chi connectivity index (χ4v) is 4.97. The molecule has 1 aromatic heterocycles. The molecular weight excluding hydrogens is 404 g/mol. The lowest BCUT2D eigenvalue weighted by Crippen LogP contribution is -2.33. The lowest BCUT2D eigenvalue weighted by atomic mass is 9.86. The molecule has 2 aliphatic carbocycles. The van der Waals surface area contributed by atoms with Gasteiger partial charge in [0.15, 0.2) is 0 Å². The van der Waals surface area contributed by atoms with E-state index in [0.717, 1.165) is 16.5 Å². The van der Waals surface area contributed by atoms with E-state index in [1.165, 1.54) is 18.2 Å². The highest BCUT2D eigenvalue weighted by Crippen LogP contribution is 2.60. The van der Waals surface area contributed by atoms with Gasteiger partial charge >= 0.3 is 0 Å². The third kappa shape index (κ3) is 2.79. The minimum Gasteiger partial charge on any atom is -0.385 e. The first kappa shape index (κ1) is 17.9. The second kappa shape index (κ2) is 6.17. The number of halogens is 3. The number of carbonyl (C=O) groups excluding carboxylic acids is 1. The quantitative estimate of drug-likeness (QED) is 0.599. The highest BCUT2D eigenvalue weighted by atomic mass is 35.5. The summed E-state index contributed by atoms with van der Waals surface area (Å²) >= 11 is 12.0. The highest BCUT2D eigenvalue weighted by molar-refractivity contribution is 6.31. The Morgan fingerprint density at radius 2 is 2.00 bits per heavy atom. The van der Waals surface area contributed by atoms with Gasteiger partial charge in [-0.25, -0.2) is 4.39 Å². The summed E-state index contributed by atoms with van der Waals surface area (Å²) in [6.07, 6.45) is 2.77. The maximum Gasteiger partial charge on any atom is 0.251 e. The molecule has 3 aromatic rings. The molecule has 0 spiro atoms. The molecule has 0 radical (unpaired) electrons. The molecule has 2 aromatic carbocycles. The monoisotopic (exact) mass is 419 g/mol. The molecule has 1 heterocycles. The van der Waals surface area contributed by atoms with Gasteiger partial charge < -0.3 is 10.4 Å². The molecule has 1 amide bonds. The predicted octanol–water partition coefficient (Wildman–Crippen LogP) is 4.03. The molecule has 2 saturated carbocycles. The lowest BCUT2D eigenvalue weighted by Gasteiger charge is -2.27. The smallest absolute Gasteiger partial charge is 0.251 e. The number of hydrogen-bond acceptors (Lipinski definition) is 3. The van der Waals surface area contributed by atoms with E-state index in [9.17, 15) is 14.3 Å². The number of rotatable bonds is 3. The van der Waals surface area contributed by atoms with E-state index in [0.29, 0.717) is 23.4 Å². The Labute approximate surface area is 169 Å². The Kier molecular flexibility index (Phi) is 3.95. The number of fused-ring (bicyclic) bond motifs is 2. The Balaban J connectivity index is 1.32. The van der Waals surface area contributed by atoms with Crippen LogP contribution in [-0.4, -0.2) is 27.3 Å². The molecule has 1 unspecified atom stereocenters. The van der Waals surface area contributed by atoms with Gasteiger partial charge in [0.05, 0.1) is 22.3 Å². The van der Waals surface area contributed by atoms with Gasteiger partial charge in [-0.3, -0.25) is 9.89 Å². The zero-order valence-electron chi connectivity index (χ0n) is 14.5. The Morgan fingerprint density at radius 3 is 2.71 bits per heavy atom. The van der Waals surface area contributed by atoms with Crippen LogP contribution in [0.1, 0.15) is 28.8 Å². The second-order valence-corrected chi connectivity index (χ2v) is 8.52. The summed E-state index contributed by atoms with van der Waals surface area (Å²) in [5, 5.41) is 22.5. The predicted molar refractivity (Wildman–Crippen MR) is 104 cm³/mol. The van der Waals surface area contributed by atoms with Crippen molar-refractivity contribution in [3.05, 3.63) is 63.5 Å². The van der Waals surface area contributed by atoms with Crippen molar-refractivity contribution >= 4 is 40.0 Å². The first-order valence-electron chi connectivity index (χ1n) is 8.97. The van der Waals surface area contributed by atoms with Crippen LogP contribution in [0, 0.1) is 17.7 Å². The summed E-state index contributed by atoms with van der Waals surface area (Å²) < 4.78 is 13.3. The van der Waals surface area contributed by atoms with Crippen LogP contribution < -0.4 is 5.32 Å². The zero-order valence-corrected chi connectivity index (χ0v) is 16.1. The van der Waals surface area contributed by atoms with Crippen molar-refractivity contribution in [3.63, 3.8) is 0 Å². The van der Waals surface area contributed by atoms with Gasteiger partial charge in [-0.2, -0.15) is 5.10 Å². The van der Waals surface area contributed by atoms with E-state index in [4.69, 9.17) is 23.2 Å². The van der Waals surface area contributed by atoms with Crippen molar-refractivity contribution in [3.8, 4) is 0 Å². The maximum absolute atomic E-state index is 13.3. The zero-order chi connectivity index (χ0) is 19.6. The molecule has 28 heavy (non-hydrogen) atoms. The van der Waals surface area contributed by atoms with Crippen molar-refractivity contribution < 1.29 is 14.3 Å². The molecule has 8 heteroatoms. The third-order valence-electron chi connectivity index (χ3n) is 5.98. The van der Waals surface area contributed by atoms with Crippen molar-refractivity contribution in [1.82, 2.24) is 15.5 Å². The molecule has 5 nitrogen and oxygen atoms in total. The average molecular weight is 420 g/mol. The molecule has 0 bridgehead atoms. The van der Waals surface area contributed by atoms with Crippen molar-refractivity contribution in [1.29, 1.82) is 0 Å². The third-order valence-corrected chi connectivity index (χ3v) is 6.49. The normalized spacial score (nSPS) is 28.4. The summed E-state index contributed by atoms with van der Waals surface area (Å²) in [6, 6.07) is 7.48. The standard InChI is InChI=1S/C20H16Cl2FN3O2/c21-10-4-14(13-8-24-26-17(13)5-10)20(28)6-11-12(7-20)18(11)25-19(27)9-1-2-16(23)15(22)3-9/h1-5,8,11-12,18,28H,6-7H2,(H,24,26)(H,25,27)/t11-,12+,18?,20+. The van der Waals surface area contributed by atoms with Gasteiger partial charge in [-0.1, -0.05) is 23.2 Å². The minimum absolute atomic E-state index is 0.00405. The second-order valence-electron chi connectivity index (χ2n) is 7.68. The fraction of sp³-hybridized carbons (Fsp3) is 0.300. The number of aromatic nitrogens is 2. The Morgan fingerprint density at radius 1 is 1.25 bits per heavy atom. The van der Waals surface area contributed by atoms with Gasteiger partial charge in [-0.05, 0) is 60.6 Å². The fourth-order valence-electron chi connectivity index (χ4n) is 4.57. The van der Waals surface area contributed by atoms with Gasteiger partial charge in [-0.15, -0.1) is 0 Å². The van der Waals surface area contributed by atoms with Crippen LogP contribution in [0.5, 0.6) is 0 Å². The molecule has 144 valence electrons. The van der Waals surface area contributed by atoms with E-state index in [1.807, 2.05) is 0 Å². The summed E-state index contributed by atoms with van der Waals surface area (Å²) in [4.78, 5) is 12.4. The van der Waals surface area contributed by atoms with E-state index < -0.39 is 11.4 Å². The molecule has 2 fully saturated rings. The number of benzene rings is 2. The van der Waals surface area contributed by atoms with Crippen LogP contribution in [0.4, 0.5) is 4.39 Å². The number of aromatic amines is 1. The number of nitrogens with zero attached hydrogens (tertiary/aromatic N) is 1. The largest absolute Gasteiger partial charge is 0.385 e. The van der Waals surface area contributed by atoms with Gasteiger partial charge in [0.2, 0.25) is 0 Å². The van der Waals surface area contributed by atoms with Crippen molar-refractivity contribution in [2.75, 3.05) is 0 Å². The number of nitrogens with one attached hydrogen (secondary N) is 2. The molecule has 3 N–H and O–H groups in total. The molecule has 5 rings (SSSR count). The molecule has 2 aliphatic rings. The van der Waals surface area contributed by atoms with Crippen molar-refractivity contribution in [2.24, 2.45) is 11.8 Å². The summed E-state index contributed by atoms with van der Waals surface area (Å²) in [5.41, 5.74) is 0.880. The molecule has 0 saturated heterocycles. The van der Waals surface area contributed by atoms with E-state index >= 15 is 0 Å². The first-order valence-corrected chi connectivity index (χ1v) is 9.73. The molecule has 0 aliphatic heterocycles. The first-order chi connectivity index (χ1) is 13.4. The number of carbonyl (C=O) groups is 1. The molecular formula is C20H16Cl2FN3O2. The number of aliphatic hydroxyl groups is 1. The van der Waals surface area contributed by atoms with E-state index in [1.54, 1.807) is 18.3 Å².